The van der Waals surface area contributed by atoms with Crippen molar-refractivity contribution in [2.24, 2.45) is 0 Å². The van der Waals surface area contributed by atoms with E-state index in [4.69, 9.17) is 4.74 Å². The van der Waals surface area contributed by atoms with Gasteiger partial charge in [0.05, 0.1) is 0 Å². The molecule has 0 fully saturated rings. The predicted octanol–water partition coefficient (Wildman–Crippen LogP) is 2.45. The van der Waals surface area contributed by atoms with E-state index in [1.54, 1.807) is 0 Å². The van der Waals surface area contributed by atoms with E-state index in [-0.39, 0.29) is 48.3 Å². The Labute approximate surface area is 105 Å². The normalized spacial score (nSPS) is 9.00. The third-order valence-electron chi connectivity index (χ3n) is 1.28. The van der Waals surface area contributed by atoms with E-state index in [0.717, 1.165) is 13.2 Å². The maximum atomic E-state index is 5.31. The van der Waals surface area contributed by atoms with E-state index in [9.17, 15) is 0 Å². The van der Waals surface area contributed by atoms with Crippen molar-refractivity contribution in [3.05, 3.63) is 0 Å². The van der Waals surface area contributed by atoms with Crippen LogP contribution in [0.15, 0.2) is 0 Å². The monoisotopic (exact) mass is 220 g/mol. The zero-order valence-electron chi connectivity index (χ0n) is 9.36. The van der Waals surface area contributed by atoms with Gasteiger partial charge in [0.1, 0.15) is 0 Å². The summed E-state index contributed by atoms with van der Waals surface area (Å²) in [5.74, 6) is 0. The minimum absolute atomic E-state index is 0. The summed E-state index contributed by atoms with van der Waals surface area (Å²) in [4.78, 5) is 0. The Hall–Kier alpha value is 1.44. The van der Waals surface area contributed by atoms with E-state index in [1.807, 2.05) is 0 Å². The number of unbranched alkanes of at least 4 members (excludes halogenated alkanes) is 2. The van der Waals surface area contributed by atoms with Crippen molar-refractivity contribution in [2.45, 2.75) is 39.5 Å². The summed E-state index contributed by atoms with van der Waals surface area (Å²) in [6.07, 6.45) is 4.91. The van der Waals surface area contributed by atoms with E-state index >= 15 is 0 Å². The Morgan fingerprint density at radius 3 is 1.70 bits per heavy atom. The minimum Gasteiger partial charge on any atom is -1.00 e. The largest absolute Gasteiger partial charge is 2.00 e. The van der Waals surface area contributed by atoms with Crippen LogP contribution in [0.2, 0.25) is 0 Å². The topological polar surface area (TPSA) is 9.23 Å². The van der Waals surface area contributed by atoms with Crippen molar-refractivity contribution in [3.8, 4) is 0 Å². The summed E-state index contributed by atoms with van der Waals surface area (Å²) >= 11 is 0. The van der Waals surface area contributed by atoms with Gasteiger partial charge in [0.15, 0.2) is 0 Å². The molecule has 1 nitrogen and oxygen atoms in total. The van der Waals surface area contributed by atoms with Crippen LogP contribution >= 0.6 is 0 Å². The van der Waals surface area contributed by atoms with E-state index in [2.05, 4.69) is 13.8 Å². The zero-order chi connectivity index (χ0) is 6.95. The Morgan fingerprint density at radius 1 is 1.00 bits per heavy atom. The van der Waals surface area contributed by atoms with Gasteiger partial charge in [0, 0.05) is 13.2 Å². The summed E-state index contributed by atoms with van der Waals surface area (Å²) in [6, 6.07) is 0. The standard InChI is InChI=1S/C8H18O.Sr.2H/c1-3-5-7-9-8-6-4-2;;;/h3-8H2,1-2H3;;;/q;+2;2*-1. The van der Waals surface area contributed by atoms with Crippen molar-refractivity contribution in [1.82, 2.24) is 0 Å². The molecule has 0 aliphatic heterocycles. The first kappa shape index (κ1) is 14.0. The van der Waals surface area contributed by atoms with Crippen molar-refractivity contribution in [1.29, 1.82) is 0 Å². The predicted molar refractivity (Wildman–Crippen MR) is 48.6 cm³/mol. The Balaban J connectivity index is -0.000000107. The van der Waals surface area contributed by atoms with Gasteiger partial charge in [-0.2, -0.15) is 0 Å². The maximum absolute atomic E-state index is 5.31. The summed E-state index contributed by atoms with van der Waals surface area (Å²) < 4.78 is 5.31. The Kier molecular flexibility index (Phi) is 18.3. The second kappa shape index (κ2) is 13.1. The van der Waals surface area contributed by atoms with Gasteiger partial charge >= 0.3 is 45.5 Å². The quantitative estimate of drug-likeness (QED) is 0.493. The summed E-state index contributed by atoms with van der Waals surface area (Å²) in [7, 11) is 0. The summed E-state index contributed by atoms with van der Waals surface area (Å²) in [5, 5.41) is 0. The fraction of sp³-hybridized carbons (Fsp3) is 1.00. The summed E-state index contributed by atoms with van der Waals surface area (Å²) in [5.41, 5.74) is 0. The van der Waals surface area contributed by atoms with Gasteiger partial charge < -0.3 is 7.59 Å². The molecular weight excluding hydrogens is 200 g/mol. The molecule has 0 heterocycles. The molecule has 0 atom stereocenters. The van der Waals surface area contributed by atoms with Crippen LogP contribution in [0.25, 0.3) is 0 Å². The molecule has 60 valence electrons. The fourth-order valence-corrected chi connectivity index (χ4v) is 0.595. The number of ether oxygens (including phenoxy) is 1. The third kappa shape index (κ3) is 12.1. The molecule has 0 saturated heterocycles. The SMILES string of the molecule is CCCCOCCCC.[H-].[H-].[Sr+2]. The molecule has 0 spiro atoms. The molecule has 0 N–H and O–H groups in total. The van der Waals surface area contributed by atoms with Gasteiger partial charge in [-0.3, -0.25) is 0 Å². The van der Waals surface area contributed by atoms with Crippen molar-refractivity contribution in [3.63, 3.8) is 0 Å². The summed E-state index contributed by atoms with van der Waals surface area (Å²) in [6.45, 7) is 6.28. The van der Waals surface area contributed by atoms with E-state index in [1.165, 1.54) is 25.7 Å². The molecular formula is C8H20OSr. The molecule has 0 radical (unpaired) electrons. The van der Waals surface area contributed by atoms with Gasteiger partial charge in [0.2, 0.25) is 0 Å². The molecule has 0 rings (SSSR count). The van der Waals surface area contributed by atoms with E-state index in [0.29, 0.717) is 0 Å². The molecule has 0 aliphatic carbocycles. The van der Waals surface area contributed by atoms with Crippen LogP contribution in [-0.4, -0.2) is 58.7 Å². The molecule has 0 saturated carbocycles. The third-order valence-corrected chi connectivity index (χ3v) is 1.28. The van der Waals surface area contributed by atoms with Crippen molar-refractivity contribution < 1.29 is 7.59 Å². The average molecular weight is 220 g/mol. The first-order chi connectivity index (χ1) is 4.41. The minimum atomic E-state index is 0. The van der Waals surface area contributed by atoms with Crippen LogP contribution in [0.4, 0.5) is 0 Å². The molecule has 0 aromatic heterocycles. The van der Waals surface area contributed by atoms with Gasteiger partial charge in [-0.15, -0.1) is 0 Å². The van der Waals surface area contributed by atoms with Gasteiger partial charge in [-0.1, -0.05) is 26.7 Å². The average Bonchev–Trinajstić information content (AvgIpc) is 1.89. The Bertz CT molecular complexity index is 50.3. The van der Waals surface area contributed by atoms with Gasteiger partial charge in [0.25, 0.3) is 0 Å². The van der Waals surface area contributed by atoms with Crippen LogP contribution in [0, 0.1) is 0 Å². The molecule has 10 heavy (non-hydrogen) atoms. The molecule has 0 bridgehead atoms. The van der Waals surface area contributed by atoms with Crippen molar-refractivity contribution in [2.75, 3.05) is 13.2 Å². The molecule has 0 unspecified atom stereocenters. The second-order valence-electron chi connectivity index (χ2n) is 2.32. The van der Waals surface area contributed by atoms with Gasteiger partial charge in [-0.05, 0) is 12.8 Å². The smallest absolute Gasteiger partial charge is 1.00 e. The molecule has 0 aliphatic rings. The fourth-order valence-electron chi connectivity index (χ4n) is 0.595. The zero-order valence-corrected chi connectivity index (χ0v) is 10.8. The van der Waals surface area contributed by atoms with E-state index < -0.39 is 0 Å². The van der Waals surface area contributed by atoms with Crippen molar-refractivity contribution >= 4 is 45.5 Å². The molecule has 0 aromatic rings. The number of rotatable bonds is 6. The maximum Gasteiger partial charge on any atom is 2.00 e. The van der Waals surface area contributed by atoms with Crippen LogP contribution < -0.4 is 0 Å². The van der Waals surface area contributed by atoms with Crippen LogP contribution in [0.3, 0.4) is 0 Å². The molecule has 2 heteroatoms. The van der Waals surface area contributed by atoms with Gasteiger partial charge in [-0.25, -0.2) is 0 Å². The van der Waals surface area contributed by atoms with Crippen LogP contribution in [-0.2, 0) is 4.74 Å². The number of hydrogen-bond acceptors (Lipinski definition) is 1. The van der Waals surface area contributed by atoms with Crippen LogP contribution in [0.1, 0.15) is 42.4 Å². The Morgan fingerprint density at radius 2 is 1.40 bits per heavy atom. The second-order valence-corrected chi connectivity index (χ2v) is 2.32. The number of hydrogen-bond donors (Lipinski definition) is 0. The first-order valence-corrected chi connectivity index (χ1v) is 3.99. The van der Waals surface area contributed by atoms with Crippen LogP contribution in [0.5, 0.6) is 0 Å². The molecule has 0 aromatic carbocycles. The molecule has 0 amide bonds. The first-order valence-electron chi connectivity index (χ1n) is 3.99.